The summed E-state index contributed by atoms with van der Waals surface area (Å²) in [6, 6.07) is 25.7. The van der Waals surface area contributed by atoms with Crippen LogP contribution in [0.5, 0.6) is 5.75 Å². The van der Waals surface area contributed by atoms with Gasteiger partial charge < -0.3 is 15.4 Å². The number of ketones is 1. The monoisotopic (exact) mass is 410 g/mol. The first-order chi connectivity index (χ1) is 15.2. The van der Waals surface area contributed by atoms with Gasteiger partial charge in [-0.05, 0) is 53.6 Å². The van der Waals surface area contributed by atoms with Crippen LogP contribution < -0.4 is 15.4 Å². The van der Waals surface area contributed by atoms with Gasteiger partial charge in [0.2, 0.25) is 0 Å². The molecule has 0 saturated heterocycles. The number of rotatable bonds is 6. The summed E-state index contributed by atoms with van der Waals surface area (Å²) in [4.78, 5) is 12.1. The van der Waals surface area contributed by atoms with Gasteiger partial charge in [-0.25, -0.2) is 0 Å². The van der Waals surface area contributed by atoms with E-state index in [9.17, 15) is 4.79 Å². The molecule has 0 unspecified atom stereocenters. The highest BCUT2D eigenvalue weighted by Crippen LogP contribution is 2.28. The van der Waals surface area contributed by atoms with Crippen LogP contribution in [-0.4, -0.2) is 22.5 Å². The molecule has 3 aromatic carbocycles. The molecule has 0 bridgehead atoms. The summed E-state index contributed by atoms with van der Waals surface area (Å²) in [5, 5.41) is 13.9. The van der Waals surface area contributed by atoms with E-state index in [0.29, 0.717) is 25.4 Å². The molecule has 0 radical (unpaired) electrons. The number of nitrogens with one attached hydrogen (secondary N) is 3. The predicted octanol–water partition coefficient (Wildman–Crippen LogP) is 5.40. The summed E-state index contributed by atoms with van der Waals surface area (Å²) in [7, 11) is 0. The molecule has 31 heavy (non-hydrogen) atoms. The first-order valence-electron chi connectivity index (χ1n) is 10.3. The number of nitrogens with zero attached hydrogens (tertiary/aromatic N) is 1. The predicted molar refractivity (Wildman–Crippen MR) is 122 cm³/mol. The van der Waals surface area contributed by atoms with Gasteiger partial charge >= 0.3 is 0 Å². The molecule has 0 atom stereocenters. The number of ether oxygens (including phenoxy) is 1. The van der Waals surface area contributed by atoms with Crippen molar-refractivity contribution >= 4 is 23.0 Å². The summed E-state index contributed by atoms with van der Waals surface area (Å²) >= 11 is 0. The van der Waals surface area contributed by atoms with E-state index in [1.165, 1.54) is 0 Å². The summed E-state index contributed by atoms with van der Waals surface area (Å²) in [6.07, 6.45) is 0.522. The van der Waals surface area contributed by atoms with Gasteiger partial charge in [0.25, 0.3) is 0 Å². The molecule has 1 aliphatic heterocycles. The van der Waals surface area contributed by atoms with E-state index in [-0.39, 0.29) is 5.78 Å². The molecule has 0 fully saturated rings. The normalized spacial score (nSPS) is 12.7. The number of anilines is 3. The largest absolute Gasteiger partial charge is 0.489 e. The Morgan fingerprint density at radius 3 is 2.65 bits per heavy atom. The maximum atomic E-state index is 12.1. The van der Waals surface area contributed by atoms with Crippen molar-refractivity contribution in [1.29, 1.82) is 0 Å². The zero-order valence-electron chi connectivity index (χ0n) is 16.9. The summed E-state index contributed by atoms with van der Waals surface area (Å²) < 4.78 is 5.85. The van der Waals surface area contributed by atoms with Crippen molar-refractivity contribution in [2.24, 2.45) is 0 Å². The highest BCUT2D eigenvalue weighted by atomic mass is 16.5. The Morgan fingerprint density at radius 1 is 0.968 bits per heavy atom. The molecule has 6 nitrogen and oxygen atoms in total. The Bertz CT molecular complexity index is 1200. The maximum absolute atomic E-state index is 12.1. The first-order valence-corrected chi connectivity index (χ1v) is 10.3. The highest BCUT2D eigenvalue weighted by Gasteiger charge is 2.17. The Morgan fingerprint density at radius 2 is 1.81 bits per heavy atom. The van der Waals surface area contributed by atoms with Crippen molar-refractivity contribution in [2.75, 3.05) is 17.2 Å². The standard InChI is InChI=1S/C25H22N4O2/c30-24-12-13-26-22-11-8-19(14-21(22)24)27-25-15-23(28-29-25)18-6-9-20(10-7-18)31-16-17-4-2-1-3-5-17/h1-11,14-15,26H,12-13,16H2,(H2,27,28,29). The van der Waals surface area contributed by atoms with Crippen LogP contribution in [0.3, 0.4) is 0 Å². The smallest absolute Gasteiger partial charge is 0.166 e. The van der Waals surface area contributed by atoms with Gasteiger partial charge in [-0.1, -0.05) is 30.3 Å². The molecule has 4 aromatic rings. The first kappa shape index (κ1) is 18.9. The number of aromatic nitrogens is 2. The number of carbonyl (C=O) groups is 1. The number of carbonyl (C=O) groups excluding carboxylic acids is 1. The van der Waals surface area contributed by atoms with E-state index in [2.05, 4.69) is 20.8 Å². The lowest BCUT2D eigenvalue weighted by Crippen LogP contribution is -2.17. The third-order valence-corrected chi connectivity index (χ3v) is 5.25. The van der Waals surface area contributed by atoms with Crippen LogP contribution in [0.4, 0.5) is 17.2 Å². The molecule has 3 N–H and O–H groups in total. The van der Waals surface area contributed by atoms with E-state index >= 15 is 0 Å². The van der Waals surface area contributed by atoms with Gasteiger partial charge in [-0.3, -0.25) is 9.89 Å². The molecule has 0 saturated carbocycles. The fourth-order valence-corrected chi connectivity index (χ4v) is 3.61. The number of Topliss-reactive ketones (excluding diaryl/α,β-unsaturated/α-hetero) is 1. The molecule has 1 aromatic heterocycles. The average molecular weight is 410 g/mol. The van der Waals surface area contributed by atoms with Gasteiger partial charge in [-0.15, -0.1) is 0 Å². The number of hydrogen-bond acceptors (Lipinski definition) is 5. The molecule has 2 heterocycles. The Balaban J connectivity index is 1.25. The van der Waals surface area contributed by atoms with Crippen molar-refractivity contribution in [3.8, 4) is 17.0 Å². The van der Waals surface area contributed by atoms with Crippen LogP contribution in [0.15, 0.2) is 78.9 Å². The Kier molecular flexibility index (Phi) is 5.10. The molecule has 154 valence electrons. The molecule has 5 rings (SSSR count). The van der Waals surface area contributed by atoms with Crippen molar-refractivity contribution in [1.82, 2.24) is 10.2 Å². The molecular weight excluding hydrogens is 388 g/mol. The Hall–Kier alpha value is -4.06. The fourth-order valence-electron chi connectivity index (χ4n) is 3.61. The van der Waals surface area contributed by atoms with Crippen LogP contribution in [0.2, 0.25) is 0 Å². The number of fused-ring (bicyclic) bond motifs is 1. The third kappa shape index (κ3) is 4.28. The molecule has 1 aliphatic rings. The van der Waals surface area contributed by atoms with Crippen LogP contribution in [-0.2, 0) is 6.61 Å². The lowest BCUT2D eigenvalue weighted by molar-refractivity contribution is 0.0984. The fraction of sp³-hybridized carbons (Fsp3) is 0.120. The molecule has 0 aliphatic carbocycles. The van der Waals surface area contributed by atoms with Crippen molar-refractivity contribution in [3.05, 3.63) is 90.0 Å². The van der Waals surface area contributed by atoms with Crippen molar-refractivity contribution < 1.29 is 9.53 Å². The van der Waals surface area contributed by atoms with E-state index in [0.717, 1.165) is 39.5 Å². The minimum atomic E-state index is 0.162. The van der Waals surface area contributed by atoms with Gasteiger partial charge in [0.1, 0.15) is 12.4 Å². The molecule has 0 spiro atoms. The van der Waals surface area contributed by atoms with E-state index in [1.54, 1.807) is 0 Å². The summed E-state index contributed by atoms with van der Waals surface area (Å²) in [5.41, 5.74) is 5.48. The van der Waals surface area contributed by atoms with Crippen LogP contribution in [0, 0.1) is 0 Å². The SMILES string of the molecule is O=C1CCNc2ccc(Nc3cc(-c4ccc(OCc5ccccc5)cc4)[nH]n3)cc21. The van der Waals surface area contributed by atoms with E-state index in [1.807, 2.05) is 78.9 Å². The van der Waals surface area contributed by atoms with Crippen LogP contribution in [0.25, 0.3) is 11.3 Å². The average Bonchev–Trinajstić information content (AvgIpc) is 3.28. The van der Waals surface area contributed by atoms with Crippen LogP contribution >= 0.6 is 0 Å². The lowest BCUT2D eigenvalue weighted by atomic mass is 10.0. The molecule has 6 heteroatoms. The van der Waals surface area contributed by atoms with Crippen molar-refractivity contribution in [2.45, 2.75) is 13.0 Å². The number of H-pyrrole nitrogens is 1. The second-order valence-corrected chi connectivity index (χ2v) is 7.45. The molecule has 0 amide bonds. The summed E-state index contributed by atoms with van der Waals surface area (Å²) in [6.45, 7) is 1.23. The summed E-state index contributed by atoms with van der Waals surface area (Å²) in [5.74, 6) is 1.67. The number of hydrogen-bond donors (Lipinski definition) is 3. The van der Waals surface area contributed by atoms with E-state index in [4.69, 9.17) is 4.74 Å². The van der Waals surface area contributed by atoms with Gasteiger partial charge in [0, 0.05) is 36.0 Å². The van der Waals surface area contributed by atoms with Gasteiger partial charge in [-0.2, -0.15) is 5.10 Å². The highest BCUT2D eigenvalue weighted by molar-refractivity contribution is 6.04. The third-order valence-electron chi connectivity index (χ3n) is 5.25. The van der Waals surface area contributed by atoms with Crippen molar-refractivity contribution in [3.63, 3.8) is 0 Å². The zero-order chi connectivity index (χ0) is 21.0. The Labute approximate surface area is 180 Å². The minimum Gasteiger partial charge on any atom is -0.489 e. The zero-order valence-corrected chi connectivity index (χ0v) is 16.9. The maximum Gasteiger partial charge on any atom is 0.166 e. The quantitative estimate of drug-likeness (QED) is 0.397. The van der Waals surface area contributed by atoms with Gasteiger partial charge in [0.15, 0.2) is 11.6 Å². The number of aromatic amines is 1. The second kappa shape index (κ2) is 8.36. The second-order valence-electron chi connectivity index (χ2n) is 7.45. The van der Waals surface area contributed by atoms with Crippen LogP contribution in [0.1, 0.15) is 22.3 Å². The lowest BCUT2D eigenvalue weighted by Gasteiger charge is -2.17. The van der Waals surface area contributed by atoms with Gasteiger partial charge in [0.05, 0.1) is 5.69 Å². The topological polar surface area (TPSA) is 79.0 Å². The number of benzene rings is 3. The molecular formula is C25H22N4O2. The minimum absolute atomic E-state index is 0.162. The van der Waals surface area contributed by atoms with E-state index < -0.39 is 0 Å².